The zero-order valence-electron chi connectivity index (χ0n) is 56.5. The summed E-state index contributed by atoms with van der Waals surface area (Å²) >= 11 is 0. The summed E-state index contributed by atoms with van der Waals surface area (Å²) in [6, 6.07) is 0. The van der Waals surface area contributed by atoms with E-state index in [1.54, 1.807) is 0 Å². The second kappa shape index (κ2) is 67.8. The lowest BCUT2D eigenvalue weighted by Gasteiger charge is -2.25. The molecule has 0 radical (unpaired) electrons. The monoisotopic (exact) mass is 1230 g/mol. The first kappa shape index (κ1) is 82.9. The van der Waals surface area contributed by atoms with Gasteiger partial charge in [0.2, 0.25) is 0 Å². The van der Waals surface area contributed by atoms with Gasteiger partial charge in [0.1, 0.15) is 13.2 Å². The Morgan fingerprint density at radius 3 is 0.921 bits per heavy atom. The zero-order valence-corrected chi connectivity index (χ0v) is 56.5. The summed E-state index contributed by atoms with van der Waals surface area (Å²) in [5.74, 6) is -2.10. The van der Waals surface area contributed by atoms with Gasteiger partial charge in [0, 0.05) is 12.8 Å². The normalized spacial score (nSPS) is 14.0. The maximum Gasteiger partial charge on any atom is 0.361 e. The van der Waals surface area contributed by atoms with Crippen molar-refractivity contribution in [3.05, 3.63) is 207 Å². The molecule has 0 aromatic carbocycles. The van der Waals surface area contributed by atoms with E-state index in [0.29, 0.717) is 17.4 Å². The minimum absolute atomic E-state index is 0.166. The maximum absolute atomic E-state index is 12.9. The molecule has 9 nitrogen and oxygen atoms in total. The van der Waals surface area contributed by atoms with Crippen molar-refractivity contribution >= 4 is 17.9 Å². The van der Waals surface area contributed by atoms with Crippen molar-refractivity contribution in [1.29, 1.82) is 0 Å². The summed E-state index contributed by atoms with van der Waals surface area (Å²) in [6.07, 6.45) is 104. The van der Waals surface area contributed by atoms with Gasteiger partial charge in [-0.2, -0.15) is 0 Å². The van der Waals surface area contributed by atoms with Gasteiger partial charge < -0.3 is 28.5 Å². The molecule has 1 N–H and O–H groups in total. The van der Waals surface area contributed by atoms with Crippen LogP contribution in [-0.4, -0.2) is 87.4 Å². The third-order valence-corrected chi connectivity index (χ3v) is 13.5. The molecule has 0 amide bonds. The van der Waals surface area contributed by atoms with Gasteiger partial charge in [0.15, 0.2) is 6.10 Å². The number of ether oxygens (including phenoxy) is 4. The van der Waals surface area contributed by atoms with Crippen molar-refractivity contribution < 1.29 is 42.9 Å². The molecule has 0 saturated heterocycles. The maximum atomic E-state index is 12.9. The lowest BCUT2D eigenvalue weighted by molar-refractivity contribution is -0.870. The summed E-state index contributed by atoms with van der Waals surface area (Å²) in [4.78, 5) is 37.6. The van der Waals surface area contributed by atoms with E-state index >= 15 is 0 Å². The van der Waals surface area contributed by atoms with E-state index in [1.807, 2.05) is 21.1 Å². The Balaban J connectivity index is 4.32. The minimum atomic E-state index is -1.54. The molecule has 2 unspecified atom stereocenters. The lowest BCUT2D eigenvalue weighted by atomic mass is 10.1. The molecule has 0 heterocycles. The van der Waals surface area contributed by atoms with Crippen molar-refractivity contribution in [3.63, 3.8) is 0 Å². The SMILES string of the molecule is CC/C=C\C/C=C\C/C=C\C/C=C\C/C=C\C/C=C\C/C=C\C/C=C\C/C=C\C/C=C\C/C=C\C/C=C\CCCCC(=O)OC(COC(=O)CCCCCCCCCCC/C=C\C/C=C\C/C=C\C/C=C\C/C=C\CC)COC(OCC[N+](C)(C)C)C(=O)O. The topological polar surface area (TPSA) is 108 Å². The molecule has 496 valence electrons. The van der Waals surface area contributed by atoms with Crippen LogP contribution in [0.3, 0.4) is 0 Å². The first-order valence-electron chi connectivity index (χ1n) is 34.2. The standard InChI is InChI=1S/C80H123NO8/c1-6-8-10-12-14-16-18-20-22-24-26-28-30-32-33-34-35-36-37-38-39-40-41-42-43-44-45-47-49-51-53-55-57-59-61-63-65-67-69-71-78(83)89-76(75-88-80(79(84)85)86-73-72-81(3,4)5)74-87-77(82)70-68-66-64-62-60-58-56-54-52-50-48-46-31-29-27-25-23-21-19-17-15-13-11-9-7-2/h8-11,14-17,20-23,26-29,32-33,35-36,38-39,41-42,44-46,48-49,51,55,57,61,63,76,80H,6-7,12-13,18-19,24-25,30-31,34,37,40,43,47,50,52-54,56,58-60,62,64-75H2,1-5H3/p+1/b10-8-,11-9-,16-14-,17-15-,22-20-,23-21-,28-26-,29-27-,33-32-,36-35-,39-38-,42-41-,45-44-,48-46-,51-49-,57-55-,63-61-. The van der Waals surface area contributed by atoms with Crippen LogP contribution in [0.2, 0.25) is 0 Å². The van der Waals surface area contributed by atoms with Gasteiger partial charge in [0.05, 0.1) is 34.4 Å². The number of carboxylic acids is 1. The number of allylic oxidation sites excluding steroid dienone is 34. The molecule has 0 aliphatic carbocycles. The first-order chi connectivity index (χ1) is 43.6. The second-order valence-corrected chi connectivity index (χ2v) is 23.0. The molecule has 0 aromatic heterocycles. The van der Waals surface area contributed by atoms with Crippen LogP contribution in [0, 0.1) is 0 Å². The van der Waals surface area contributed by atoms with Crippen LogP contribution >= 0.6 is 0 Å². The van der Waals surface area contributed by atoms with Gasteiger partial charge in [0.25, 0.3) is 6.29 Å². The summed E-state index contributed by atoms with van der Waals surface area (Å²) < 4.78 is 22.9. The third kappa shape index (κ3) is 69.2. The van der Waals surface area contributed by atoms with Crippen LogP contribution in [-0.2, 0) is 33.3 Å². The Hall–Kier alpha value is -6.13. The highest BCUT2D eigenvalue weighted by molar-refractivity contribution is 5.71. The molecule has 89 heavy (non-hydrogen) atoms. The Morgan fingerprint density at radius 1 is 0.337 bits per heavy atom. The van der Waals surface area contributed by atoms with E-state index in [9.17, 15) is 19.5 Å². The molecule has 0 aliphatic heterocycles. The van der Waals surface area contributed by atoms with Gasteiger partial charge in [-0.1, -0.05) is 265 Å². The second-order valence-electron chi connectivity index (χ2n) is 23.0. The summed E-state index contributed by atoms with van der Waals surface area (Å²) in [7, 11) is 5.94. The molecule has 0 bridgehead atoms. The van der Waals surface area contributed by atoms with Crippen molar-refractivity contribution in [2.75, 3.05) is 47.5 Å². The summed E-state index contributed by atoms with van der Waals surface area (Å²) in [6.45, 7) is 4.56. The van der Waals surface area contributed by atoms with Crippen LogP contribution in [0.25, 0.3) is 0 Å². The van der Waals surface area contributed by atoms with Crippen LogP contribution in [0.5, 0.6) is 0 Å². The van der Waals surface area contributed by atoms with Gasteiger partial charge >= 0.3 is 17.9 Å². The molecule has 0 spiro atoms. The number of quaternary nitrogens is 1. The zero-order chi connectivity index (χ0) is 64.7. The quantitative estimate of drug-likeness (QED) is 0.0211. The van der Waals surface area contributed by atoms with Crippen LogP contribution in [0.15, 0.2) is 207 Å². The highest BCUT2D eigenvalue weighted by Crippen LogP contribution is 2.14. The van der Waals surface area contributed by atoms with Gasteiger partial charge in [-0.05, 0) is 148 Å². The van der Waals surface area contributed by atoms with Crippen molar-refractivity contribution in [3.8, 4) is 0 Å². The number of unbranched alkanes of at least 4 members (excludes halogenated alkanes) is 11. The summed E-state index contributed by atoms with van der Waals surface area (Å²) in [5, 5.41) is 9.74. The van der Waals surface area contributed by atoms with Crippen molar-refractivity contribution in [2.24, 2.45) is 0 Å². The number of rotatable bonds is 60. The molecule has 0 fully saturated rings. The molecule has 2 atom stereocenters. The Labute approximate surface area is 544 Å². The fourth-order valence-electron chi connectivity index (χ4n) is 8.37. The van der Waals surface area contributed by atoms with Crippen molar-refractivity contribution in [2.45, 2.75) is 232 Å². The Morgan fingerprint density at radius 2 is 0.607 bits per heavy atom. The molecule has 9 heteroatoms. The number of aliphatic carboxylic acids is 1. The van der Waals surface area contributed by atoms with E-state index in [0.717, 1.165) is 154 Å². The Kier molecular flexibility index (Phi) is 63.1. The van der Waals surface area contributed by atoms with Crippen LogP contribution < -0.4 is 0 Å². The lowest BCUT2D eigenvalue weighted by Crippen LogP contribution is -2.40. The predicted molar refractivity (Wildman–Crippen MR) is 382 cm³/mol. The van der Waals surface area contributed by atoms with E-state index in [4.69, 9.17) is 18.9 Å². The molecule has 0 aromatic rings. The largest absolute Gasteiger partial charge is 0.477 e. The highest BCUT2D eigenvalue weighted by atomic mass is 16.7. The number of hydrogen-bond acceptors (Lipinski definition) is 7. The number of hydrogen-bond donors (Lipinski definition) is 1. The molecular weight excluding hydrogens is 1100 g/mol. The minimum Gasteiger partial charge on any atom is -0.477 e. The number of carbonyl (C=O) groups is 3. The van der Waals surface area contributed by atoms with E-state index < -0.39 is 24.3 Å². The number of carbonyl (C=O) groups excluding carboxylic acids is 2. The van der Waals surface area contributed by atoms with Gasteiger partial charge in [-0.15, -0.1) is 0 Å². The summed E-state index contributed by atoms with van der Waals surface area (Å²) in [5.41, 5.74) is 0. The highest BCUT2D eigenvalue weighted by Gasteiger charge is 2.25. The number of esters is 2. The van der Waals surface area contributed by atoms with E-state index in [1.165, 1.54) is 32.1 Å². The van der Waals surface area contributed by atoms with Crippen LogP contribution in [0.1, 0.15) is 219 Å². The predicted octanol–water partition coefficient (Wildman–Crippen LogP) is 21.6. The van der Waals surface area contributed by atoms with E-state index in [2.05, 4.69) is 220 Å². The molecular formula is C80H124NO8+. The molecule has 0 rings (SSSR count). The third-order valence-electron chi connectivity index (χ3n) is 13.5. The van der Waals surface area contributed by atoms with Gasteiger partial charge in [-0.25, -0.2) is 4.79 Å². The average Bonchev–Trinajstić information content (AvgIpc) is 3.64. The fourth-order valence-corrected chi connectivity index (χ4v) is 8.37. The molecule has 0 saturated carbocycles. The number of nitrogens with zero attached hydrogens (tertiary/aromatic N) is 1. The first-order valence-corrected chi connectivity index (χ1v) is 34.2. The van der Waals surface area contributed by atoms with Crippen LogP contribution in [0.4, 0.5) is 0 Å². The average molecular weight is 1230 g/mol. The van der Waals surface area contributed by atoms with Crippen molar-refractivity contribution in [1.82, 2.24) is 0 Å². The fraction of sp³-hybridized carbons (Fsp3) is 0.537. The Bertz CT molecular complexity index is 2210. The van der Waals surface area contributed by atoms with Gasteiger partial charge in [-0.3, -0.25) is 9.59 Å². The number of carboxylic acid groups (broad SMARTS) is 1. The van der Waals surface area contributed by atoms with E-state index in [-0.39, 0.29) is 38.6 Å². The number of likely N-dealkylation sites (N-methyl/N-ethyl adjacent to an activating group) is 1. The molecule has 0 aliphatic rings. The smallest absolute Gasteiger partial charge is 0.361 e.